The molecule has 2 N–H and O–H groups in total. The number of hydrogen-bond donors (Lipinski definition) is 2. The molecule has 2 aromatic rings. The number of ketones is 2. The fourth-order valence-electron chi connectivity index (χ4n) is 3.47. The number of hydrogen-bond acceptors (Lipinski definition) is 6. The van der Waals surface area contributed by atoms with Crippen LogP contribution >= 0.6 is 0 Å². The second kappa shape index (κ2) is 10.3. The number of hydroxylamine groups is 2. The van der Waals surface area contributed by atoms with Gasteiger partial charge in [-0.3, -0.25) is 19.2 Å². The summed E-state index contributed by atoms with van der Waals surface area (Å²) in [6, 6.07) is 11.4. The van der Waals surface area contributed by atoms with Gasteiger partial charge >= 0.3 is 11.9 Å². The minimum absolute atomic E-state index is 0.0815. The number of Topliss-reactive ketones (excluding diaryl/α,β-unsaturated/α-hetero) is 2. The van der Waals surface area contributed by atoms with Crippen LogP contribution in [-0.4, -0.2) is 54.5 Å². The molecular formula is C26H30N2O8. The maximum atomic E-state index is 13.1. The van der Waals surface area contributed by atoms with Crippen molar-refractivity contribution in [1.29, 1.82) is 0 Å². The largest absolute Gasteiger partial charge is 0.566 e. The first-order chi connectivity index (χ1) is 16.5. The predicted octanol–water partition coefficient (Wildman–Crippen LogP) is 4.16. The topological polar surface area (TPSA) is 161 Å². The van der Waals surface area contributed by atoms with Crippen LogP contribution < -0.4 is 0 Å². The van der Waals surface area contributed by atoms with Crippen molar-refractivity contribution in [3.05, 3.63) is 81.2 Å². The molecule has 0 aliphatic rings. The number of nitrogens with zero attached hydrogens (tertiary/aromatic N) is 2. The van der Waals surface area contributed by atoms with Gasteiger partial charge in [0.05, 0.1) is 11.8 Å². The maximum Gasteiger partial charge on any atom is 0.310 e. The normalized spacial score (nSPS) is 14.4. The van der Waals surface area contributed by atoms with Crippen LogP contribution in [0.1, 0.15) is 85.2 Å². The first-order valence-electron chi connectivity index (χ1n) is 11.2. The van der Waals surface area contributed by atoms with E-state index in [1.165, 1.54) is 90.1 Å². The van der Waals surface area contributed by atoms with Gasteiger partial charge in [-0.1, -0.05) is 48.5 Å². The molecule has 0 radical (unpaired) electrons. The molecule has 0 amide bonds. The van der Waals surface area contributed by atoms with Crippen LogP contribution in [0.3, 0.4) is 0 Å². The summed E-state index contributed by atoms with van der Waals surface area (Å²) in [6.45, 7) is 8.01. The van der Waals surface area contributed by atoms with Crippen LogP contribution in [0.25, 0.3) is 0 Å². The number of carbonyl (C=O) groups excluding carboxylic acids is 2. The van der Waals surface area contributed by atoms with E-state index in [2.05, 4.69) is 0 Å². The van der Waals surface area contributed by atoms with Crippen LogP contribution in [0.15, 0.2) is 48.5 Å². The minimum Gasteiger partial charge on any atom is -0.566 e. The van der Waals surface area contributed by atoms with Crippen LogP contribution in [0.2, 0.25) is 0 Å². The van der Waals surface area contributed by atoms with E-state index in [1.54, 1.807) is 0 Å². The molecule has 0 aliphatic carbocycles. The molecule has 0 aliphatic heterocycles. The molecule has 0 aromatic heterocycles. The third kappa shape index (κ3) is 5.42. The molecule has 10 heteroatoms. The summed E-state index contributed by atoms with van der Waals surface area (Å²) in [7, 11) is 0. The monoisotopic (exact) mass is 498 g/mol. The van der Waals surface area contributed by atoms with Crippen LogP contribution in [0, 0.1) is 10.4 Å². The van der Waals surface area contributed by atoms with Gasteiger partial charge in [0.25, 0.3) is 11.1 Å². The lowest BCUT2D eigenvalue weighted by atomic mass is 9.90. The summed E-state index contributed by atoms with van der Waals surface area (Å²) < 4.78 is 0. The summed E-state index contributed by atoms with van der Waals surface area (Å²) in [5.41, 5.74) is -2.64. The molecule has 2 unspecified atom stereocenters. The molecule has 0 heterocycles. The molecule has 0 spiro atoms. The molecule has 2 atom stereocenters. The molecule has 2 aromatic carbocycles. The van der Waals surface area contributed by atoms with Gasteiger partial charge in [0.2, 0.25) is 11.6 Å². The van der Waals surface area contributed by atoms with Crippen molar-refractivity contribution < 1.29 is 39.1 Å². The Morgan fingerprint density at radius 1 is 0.639 bits per heavy atom. The Labute approximate surface area is 208 Å². The Bertz CT molecular complexity index is 1120. The van der Waals surface area contributed by atoms with E-state index in [0.29, 0.717) is 11.1 Å². The Morgan fingerprint density at radius 3 is 1.11 bits per heavy atom. The second-order valence-corrected chi connectivity index (χ2v) is 9.69. The van der Waals surface area contributed by atoms with Crippen molar-refractivity contribution in [2.24, 2.45) is 0 Å². The highest BCUT2D eigenvalue weighted by Crippen LogP contribution is 2.25. The van der Waals surface area contributed by atoms with Gasteiger partial charge in [0, 0.05) is 48.5 Å². The van der Waals surface area contributed by atoms with E-state index in [9.17, 15) is 29.6 Å². The SMILES string of the molecule is CC(C(=O)O)c1ccc(C(=O)C(C)(C)/[N+]([O-])=[N+](\[O-])C(C)(C)C(=O)c2ccc(C(C)C(=O)O)cc2)cc1. The number of carboxylic acids is 2. The first kappa shape index (κ1) is 28.2. The van der Waals surface area contributed by atoms with E-state index < -0.39 is 46.4 Å². The molecule has 10 nitrogen and oxygen atoms in total. The highest BCUT2D eigenvalue weighted by molar-refractivity contribution is 6.02. The average Bonchev–Trinajstić information content (AvgIpc) is 2.85. The third-order valence-corrected chi connectivity index (χ3v) is 6.32. The van der Waals surface area contributed by atoms with Crippen molar-refractivity contribution in [1.82, 2.24) is 0 Å². The van der Waals surface area contributed by atoms with Crippen LogP contribution in [0.4, 0.5) is 0 Å². The van der Waals surface area contributed by atoms with Gasteiger partial charge in [0.15, 0.2) is 0 Å². The van der Waals surface area contributed by atoms with E-state index >= 15 is 0 Å². The van der Waals surface area contributed by atoms with Gasteiger partial charge in [0.1, 0.15) is 0 Å². The molecule has 192 valence electrons. The number of rotatable bonds is 10. The van der Waals surface area contributed by atoms with Crippen LogP contribution in [0.5, 0.6) is 0 Å². The average molecular weight is 499 g/mol. The van der Waals surface area contributed by atoms with Gasteiger partial charge in [-0.15, -0.1) is 0 Å². The van der Waals surface area contributed by atoms with Gasteiger partial charge in [-0.05, 0) is 25.0 Å². The smallest absolute Gasteiger partial charge is 0.310 e. The quantitative estimate of drug-likeness (QED) is 0.214. The standard InChI is InChI=1S/C26H30N2O8/c1-15(23(31)32)17-7-11-19(12-8-17)21(29)25(3,4)27(35)28(36)26(5,6)22(30)20-13-9-18(10-14-20)16(2)24(33)34/h7-16H,1-6H3,(H,31,32)(H,33,34)/b28-27+. The Balaban J connectivity index is 2.36. The molecule has 0 saturated heterocycles. The van der Waals surface area contributed by atoms with E-state index in [0.717, 1.165) is 0 Å². The Morgan fingerprint density at radius 2 is 0.889 bits per heavy atom. The van der Waals surface area contributed by atoms with Gasteiger partial charge in [-0.25, -0.2) is 0 Å². The van der Waals surface area contributed by atoms with Crippen molar-refractivity contribution in [2.45, 2.75) is 64.5 Å². The fourth-order valence-corrected chi connectivity index (χ4v) is 3.47. The molecule has 2 rings (SSSR count). The third-order valence-electron chi connectivity index (χ3n) is 6.32. The lowest BCUT2D eigenvalue weighted by Crippen LogP contribution is -2.52. The fraction of sp³-hybridized carbons (Fsp3) is 0.385. The Kier molecular flexibility index (Phi) is 8.03. The maximum absolute atomic E-state index is 13.1. The molecule has 0 fully saturated rings. The number of benzene rings is 2. The van der Waals surface area contributed by atoms with Crippen molar-refractivity contribution in [3.8, 4) is 0 Å². The minimum atomic E-state index is -1.89. The van der Waals surface area contributed by atoms with Crippen molar-refractivity contribution in [2.75, 3.05) is 0 Å². The molecule has 36 heavy (non-hydrogen) atoms. The van der Waals surface area contributed by atoms with Crippen LogP contribution in [-0.2, 0) is 9.59 Å². The second-order valence-electron chi connectivity index (χ2n) is 9.69. The summed E-state index contributed by atoms with van der Waals surface area (Å²) >= 11 is 0. The zero-order valence-corrected chi connectivity index (χ0v) is 21.0. The number of carbonyl (C=O) groups is 4. The lowest BCUT2D eigenvalue weighted by molar-refractivity contribution is -1.01. The summed E-state index contributed by atoms with van der Waals surface area (Å²) in [5.74, 6) is -5.02. The van der Waals surface area contributed by atoms with Crippen molar-refractivity contribution >= 4 is 23.5 Å². The predicted molar refractivity (Wildman–Crippen MR) is 129 cm³/mol. The number of azo groups is 1. The molecule has 0 saturated carbocycles. The zero-order valence-electron chi connectivity index (χ0n) is 21.0. The lowest BCUT2D eigenvalue weighted by Gasteiger charge is -2.24. The summed E-state index contributed by atoms with van der Waals surface area (Å²) in [5, 5.41) is 44.4. The van der Waals surface area contributed by atoms with Gasteiger partial charge < -0.3 is 20.6 Å². The highest BCUT2D eigenvalue weighted by Gasteiger charge is 2.49. The molecule has 0 bridgehead atoms. The number of aliphatic carboxylic acids is 2. The summed E-state index contributed by atoms with van der Waals surface area (Å²) in [6.07, 6.45) is 0. The summed E-state index contributed by atoms with van der Waals surface area (Å²) in [4.78, 5) is 48.3. The van der Waals surface area contributed by atoms with Crippen molar-refractivity contribution in [3.63, 3.8) is 0 Å². The van der Waals surface area contributed by atoms with E-state index in [-0.39, 0.29) is 20.8 Å². The van der Waals surface area contributed by atoms with Gasteiger partial charge in [-0.2, -0.15) is 0 Å². The molecular weight excluding hydrogens is 468 g/mol. The zero-order chi connectivity index (χ0) is 27.6. The Hall–Kier alpha value is -4.08. The van der Waals surface area contributed by atoms with E-state index in [4.69, 9.17) is 10.2 Å². The van der Waals surface area contributed by atoms with E-state index in [1.807, 2.05) is 0 Å². The highest BCUT2D eigenvalue weighted by atomic mass is 16.6. The number of carboxylic acid groups (broad SMARTS) is 2. The first-order valence-corrected chi connectivity index (χ1v) is 11.2.